The quantitative estimate of drug-likeness (QED) is 0.640. The third-order valence-corrected chi connectivity index (χ3v) is 3.25. The number of hydrogen-bond donors (Lipinski definition) is 0. The molecule has 0 fully saturated rings. The molecule has 96 valence electrons. The molecule has 0 aromatic carbocycles. The molecule has 0 aliphatic heterocycles. The van der Waals surface area contributed by atoms with Gasteiger partial charge < -0.3 is 0 Å². The van der Waals surface area contributed by atoms with E-state index in [0.29, 0.717) is 16.8 Å². The molecule has 0 radical (unpaired) electrons. The average molecular weight is 334 g/mol. The molecule has 7 heteroatoms. The molecule has 0 spiro atoms. The Hall–Kier alpha value is -1.01. The highest BCUT2D eigenvalue weighted by atomic mass is 79.9. The maximum Gasteiger partial charge on any atom is 0.213 e. The van der Waals surface area contributed by atoms with Gasteiger partial charge in [-0.25, -0.2) is 9.67 Å². The van der Waals surface area contributed by atoms with Crippen LogP contribution in [-0.2, 0) is 11.4 Å². The number of nitrogens with zero attached hydrogens (tertiary/aromatic N) is 4. The Morgan fingerprint density at radius 3 is 2.72 bits per heavy atom. The van der Waals surface area contributed by atoms with Crippen LogP contribution in [0.25, 0.3) is 0 Å². The number of hydrogen-bond acceptors (Lipinski definition) is 3. The summed E-state index contributed by atoms with van der Waals surface area (Å²) in [4.78, 5) is 3.13. The Labute approximate surface area is 117 Å². The van der Waals surface area contributed by atoms with Crippen LogP contribution < -0.4 is 0 Å². The molecule has 0 bridgehead atoms. The molecule has 2 aromatic heterocycles. The number of pyridine rings is 1. The van der Waals surface area contributed by atoms with Crippen molar-refractivity contribution in [2.24, 2.45) is 0 Å². The Balaban J connectivity index is 2.21. The topological polar surface area (TPSA) is 43.6 Å². The van der Waals surface area contributed by atoms with E-state index in [4.69, 9.17) is 11.6 Å². The fourth-order valence-electron chi connectivity index (χ4n) is 1.38. The summed E-state index contributed by atoms with van der Waals surface area (Å²) < 4.78 is 15.0. The van der Waals surface area contributed by atoms with E-state index >= 15 is 0 Å². The monoisotopic (exact) mass is 332 g/mol. The van der Waals surface area contributed by atoms with Crippen molar-refractivity contribution in [2.75, 3.05) is 0 Å². The smallest absolute Gasteiger partial charge is 0.213 e. The SMILES string of the molecule is CC(C)(Cl)c1cn(Cc2ccc(F)nc2Br)nn1. The van der Waals surface area contributed by atoms with Gasteiger partial charge in [0.15, 0.2) is 0 Å². The number of alkyl halides is 1. The van der Waals surface area contributed by atoms with E-state index < -0.39 is 10.8 Å². The first-order chi connectivity index (χ1) is 8.36. The second kappa shape index (κ2) is 4.93. The predicted octanol–water partition coefficient (Wildman–Crippen LogP) is 3.10. The zero-order valence-electron chi connectivity index (χ0n) is 9.86. The van der Waals surface area contributed by atoms with Gasteiger partial charge in [0, 0.05) is 5.56 Å². The molecular formula is C11H11BrClFN4. The molecule has 4 nitrogen and oxygen atoms in total. The van der Waals surface area contributed by atoms with Crippen molar-refractivity contribution in [1.29, 1.82) is 0 Å². The first kappa shape index (κ1) is 13.4. The van der Waals surface area contributed by atoms with Crippen LogP contribution in [0.4, 0.5) is 4.39 Å². The van der Waals surface area contributed by atoms with Crippen LogP contribution in [0.15, 0.2) is 22.9 Å². The fraction of sp³-hybridized carbons (Fsp3) is 0.364. The van der Waals surface area contributed by atoms with Crippen LogP contribution in [-0.4, -0.2) is 20.0 Å². The Kier molecular flexibility index (Phi) is 3.68. The lowest BCUT2D eigenvalue weighted by atomic mass is 10.1. The van der Waals surface area contributed by atoms with Crippen LogP contribution >= 0.6 is 27.5 Å². The van der Waals surface area contributed by atoms with Gasteiger partial charge >= 0.3 is 0 Å². The molecule has 0 unspecified atom stereocenters. The zero-order chi connectivity index (χ0) is 13.3. The summed E-state index contributed by atoms with van der Waals surface area (Å²) in [6.45, 7) is 4.14. The van der Waals surface area contributed by atoms with Crippen LogP contribution in [0.1, 0.15) is 25.1 Å². The summed E-state index contributed by atoms with van der Waals surface area (Å²) in [5.74, 6) is -0.521. The molecule has 0 saturated heterocycles. The molecule has 2 heterocycles. The van der Waals surface area contributed by atoms with Crippen molar-refractivity contribution in [3.8, 4) is 0 Å². The molecule has 0 aliphatic carbocycles. The molecule has 0 amide bonds. The van der Waals surface area contributed by atoms with E-state index in [1.54, 1.807) is 16.9 Å². The summed E-state index contributed by atoms with van der Waals surface area (Å²) in [5.41, 5.74) is 1.51. The van der Waals surface area contributed by atoms with Crippen molar-refractivity contribution >= 4 is 27.5 Å². The standard InChI is InChI=1S/C11H11BrClFN4/c1-11(2,13)8-6-18(17-16-8)5-7-3-4-9(14)15-10(7)12/h3-4,6H,5H2,1-2H3. The van der Waals surface area contributed by atoms with Crippen molar-refractivity contribution < 1.29 is 4.39 Å². The minimum atomic E-state index is -0.559. The highest BCUT2D eigenvalue weighted by molar-refractivity contribution is 9.10. The molecule has 0 aliphatic rings. The van der Waals surface area contributed by atoms with Gasteiger partial charge in [-0.15, -0.1) is 16.7 Å². The van der Waals surface area contributed by atoms with Crippen LogP contribution in [0.2, 0.25) is 0 Å². The van der Waals surface area contributed by atoms with E-state index in [0.717, 1.165) is 5.56 Å². The molecule has 18 heavy (non-hydrogen) atoms. The third kappa shape index (κ3) is 3.05. The lowest BCUT2D eigenvalue weighted by Crippen LogP contribution is -2.07. The van der Waals surface area contributed by atoms with E-state index in [2.05, 4.69) is 31.2 Å². The Morgan fingerprint density at radius 2 is 2.17 bits per heavy atom. The van der Waals surface area contributed by atoms with Gasteiger partial charge in [0.2, 0.25) is 5.95 Å². The van der Waals surface area contributed by atoms with Crippen molar-refractivity contribution in [2.45, 2.75) is 25.3 Å². The fourth-order valence-corrected chi connectivity index (χ4v) is 1.90. The van der Waals surface area contributed by atoms with Crippen LogP contribution in [0, 0.1) is 5.95 Å². The number of aromatic nitrogens is 4. The van der Waals surface area contributed by atoms with Crippen molar-refractivity contribution in [1.82, 2.24) is 20.0 Å². The second-order valence-electron chi connectivity index (χ2n) is 4.36. The first-order valence-corrected chi connectivity index (χ1v) is 6.44. The summed E-state index contributed by atoms with van der Waals surface area (Å²) in [6.07, 6.45) is 1.77. The van der Waals surface area contributed by atoms with Crippen molar-refractivity contribution in [3.63, 3.8) is 0 Å². The molecular weight excluding hydrogens is 323 g/mol. The normalized spacial score (nSPS) is 11.8. The molecule has 0 atom stereocenters. The number of halogens is 3. The predicted molar refractivity (Wildman–Crippen MR) is 69.9 cm³/mol. The summed E-state index contributed by atoms with van der Waals surface area (Å²) >= 11 is 9.35. The lowest BCUT2D eigenvalue weighted by molar-refractivity contribution is 0.574. The summed E-state index contributed by atoms with van der Waals surface area (Å²) in [6, 6.07) is 2.96. The van der Waals surface area contributed by atoms with Gasteiger partial charge in [0.25, 0.3) is 0 Å². The van der Waals surface area contributed by atoms with Gasteiger partial charge in [-0.1, -0.05) is 5.21 Å². The van der Waals surface area contributed by atoms with Gasteiger partial charge in [-0.3, -0.25) is 0 Å². The minimum absolute atomic E-state index is 0.452. The summed E-state index contributed by atoms with van der Waals surface area (Å²) in [7, 11) is 0. The van der Waals surface area contributed by atoms with Crippen LogP contribution in [0.3, 0.4) is 0 Å². The van der Waals surface area contributed by atoms with Gasteiger partial charge in [0.1, 0.15) is 10.3 Å². The third-order valence-electron chi connectivity index (χ3n) is 2.37. The van der Waals surface area contributed by atoms with Crippen molar-refractivity contribution in [3.05, 3.63) is 40.1 Å². The first-order valence-electron chi connectivity index (χ1n) is 5.27. The largest absolute Gasteiger partial charge is 0.248 e. The van der Waals surface area contributed by atoms with E-state index in [1.165, 1.54) is 6.07 Å². The highest BCUT2D eigenvalue weighted by Crippen LogP contribution is 2.25. The second-order valence-corrected chi connectivity index (χ2v) is 6.05. The van der Waals surface area contributed by atoms with E-state index in [9.17, 15) is 4.39 Å². The minimum Gasteiger partial charge on any atom is -0.248 e. The Morgan fingerprint density at radius 1 is 1.44 bits per heavy atom. The lowest BCUT2D eigenvalue weighted by Gasteiger charge is -2.10. The van der Waals surface area contributed by atoms with Gasteiger partial charge in [0.05, 0.1) is 17.6 Å². The molecule has 0 N–H and O–H groups in total. The van der Waals surface area contributed by atoms with Crippen LogP contribution in [0.5, 0.6) is 0 Å². The summed E-state index contributed by atoms with van der Waals surface area (Å²) in [5, 5.41) is 7.98. The maximum atomic E-state index is 12.9. The number of rotatable bonds is 3. The average Bonchev–Trinajstić information content (AvgIpc) is 2.70. The van der Waals surface area contributed by atoms with E-state index in [-0.39, 0.29) is 0 Å². The molecule has 0 saturated carbocycles. The molecule has 2 rings (SSSR count). The van der Waals surface area contributed by atoms with E-state index in [1.807, 2.05) is 13.8 Å². The maximum absolute atomic E-state index is 12.9. The zero-order valence-corrected chi connectivity index (χ0v) is 12.2. The van der Waals surface area contributed by atoms with Gasteiger partial charge in [-0.05, 0) is 41.9 Å². The molecule has 2 aromatic rings. The van der Waals surface area contributed by atoms with Gasteiger partial charge in [-0.2, -0.15) is 4.39 Å². The Bertz CT molecular complexity index is 564. The highest BCUT2D eigenvalue weighted by Gasteiger charge is 2.20.